The highest BCUT2D eigenvalue weighted by Gasteiger charge is 2.28. The third-order valence-corrected chi connectivity index (χ3v) is 2.51. The van der Waals surface area contributed by atoms with Crippen LogP contribution in [-0.4, -0.2) is 27.7 Å². The van der Waals surface area contributed by atoms with Gasteiger partial charge >= 0.3 is 0 Å². The summed E-state index contributed by atoms with van der Waals surface area (Å²) in [6, 6.07) is 2.91. The Morgan fingerprint density at radius 3 is 3.00 bits per heavy atom. The first-order chi connectivity index (χ1) is 6.40. The summed E-state index contributed by atoms with van der Waals surface area (Å²) in [4.78, 5) is 2.55. The van der Waals surface area contributed by atoms with Crippen LogP contribution < -0.4 is 0 Å². The predicted molar refractivity (Wildman–Crippen MR) is 52.3 cm³/mol. The first-order valence-electron chi connectivity index (χ1n) is 5.12. The summed E-state index contributed by atoms with van der Waals surface area (Å²) in [5.74, 6) is 0. The molecule has 2 rings (SSSR count). The standard InChI is InChI=1S/C10H17N3/c1-2-7-13(10-3-4-10)8-9-5-6-11-12-9/h5-6,10H,2-4,7-8H2,1H3,(H,11,12). The van der Waals surface area contributed by atoms with Crippen LogP contribution in [0.2, 0.25) is 0 Å². The van der Waals surface area contributed by atoms with Crippen molar-refractivity contribution in [2.75, 3.05) is 6.54 Å². The predicted octanol–water partition coefficient (Wildman–Crippen LogP) is 1.78. The minimum absolute atomic E-state index is 0.850. The van der Waals surface area contributed by atoms with E-state index in [4.69, 9.17) is 0 Å². The Balaban J connectivity index is 1.89. The third-order valence-electron chi connectivity index (χ3n) is 2.51. The van der Waals surface area contributed by atoms with E-state index in [-0.39, 0.29) is 0 Å². The van der Waals surface area contributed by atoms with Crippen molar-refractivity contribution in [1.82, 2.24) is 15.1 Å². The summed E-state index contributed by atoms with van der Waals surface area (Å²) in [6.45, 7) is 4.49. The number of nitrogens with one attached hydrogen (secondary N) is 1. The quantitative estimate of drug-likeness (QED) is 0.747. The van der Waals surface area contributed by atoms with Gasteiger partial charge in [0.2, 0.25) is 0 Å². The second kappa shape index (κ2) is 3.92. The van der Waals surface area contributed by atoms with E-state index in [2.05, 4.69) is 28.1 Å². The lowest BCUT2D eigenvalue weighted by Gasteiger charge is -2.19. The van der Waals surface area contributed by atoms with Crippen molar-refractivity contribution in [3.8, 4) is 0 Å². The topological polar surface area (TPSA) is 31.9 Å². The molecule has 0 aromatic carbocycles. The van der Waals surface area contributed by atoms with Crippen molar-refractivity contribution in [1.29, 1.82) is 0 Å². The molecule has 72 valence electrons. The summed E-state index contributed by atoms with van der Waals surface area (Å²) in [5.41, 5.74) is 1.24. The maximum atomic E-state index is 3.96. The number of rotatable bonds is 5. The van der Waals surface area contributed by atoms with Crippen molar-refractivity contribution >= 4 is 0 Å². The van der Waals surface area contributed by atoms with Crippen molar-refractivity contribution in [2.24, 2.45) is 0 Å². The van der Waals surface area contributed by atoms with Crippen LogP contribution in [0, 0.1) is 0 Å². The molecule has 1 fully saturated rings. The van der Waals surface area contributed by atoms with Crippen LogP contribution in [-0.2, 0) is 6.54 Å². The molecule has 3 nitrogen and oxygen atoms in total. The summed E-state index contributed by atoms with van der Waals surface area (Å²) in [6.07, 6.45) is 5.83. The zero-order valence-corrected chi connectivity index (χ0v) is 8.16. The van der Waals surface area contributed by atoms with Crippen LogP contribution in [0.1, 0.15) is 31.9 Å². The van der Waals surface area contributed by atoms with Crippen molar-refractivity contribution in [2.45, 2.75) is 38.8 Å². The van der Waals surface area contributed by atoms with E-state index in [1.165, 1.54) is 31.5 Å². The van der Waals surface area contributed by atoms with Gasteiger partial charge in [0.15, 0.2) is 0 Å². The number of H-pyrrole nitrogens is 1. The highest BCUT2D eigenvalue weighted by atomic mass is 15.2. The maximum Gasteiger partial charge on any atom is 0.0492 e. The Kier molecular flexibility index (Phi) is 2.64. The third kappa shape index (κ3) is 2.31. The molecule has 0 saturated heterocycles. The molecule has 0 radical (unpaired) electrons. The van der Waals surface area contributed by atoms with Gasteiger partial charge in [0.1, 0.15) is 0 Å². The van der Waals surface area contributed by atoms with E-state index in [9.17, 15) is 0 Å². The fraction of sp³-hybridized carbons (Fsp3) is 0.700. The van der Waals surface area contributed by atoms with E-state index in [1.807, 2.05) is 6.20 Å². The molecule has 1 aliphatic rings. The Morgan fingerprint density at radius 1 is 1.62 bits per heavy atom. The SMILES string of the molecule is CCCN(Cc1ccn[nH]1)C1CC1. The molecule has 0 amide bonds. The molecule has 1 N–H and O–H groups in total. The largest absolute Gasteiger partial charge is 0.295 e. The molecular weight excluding hydrogens is 162 g/mol. The van der Waals surface area contributed by atoms with E-state index >= 15 is 0 Å². The van der Waals surface area contributed by atoms with Gasteiger partial charge in [-0.05, 0) is 31.9 Å². The molecule has 0 atom stereocenters. The first-order valence-corrected chi connectivity index (χ1v) is 5.12. The molecule has 1 saturated carbocycles. The number of nitrogens with zero attached hydrogens (tertiary/aromatic N) is 2. The zero-order valence-electron chi connectivity index (χ0n) is 8.16. The van der Waals surface area contributed by atoms with Crippen LogP contribution in [0.5, 0.6) is 0 Å². The van der Waals surface area contributed by atoms with Gasteiger partial charge in [-0.25, -0.2) is 0 Å². The van der Waals surface area contributed by atoms with Gasteiger partial charge in [-0.3, -0.25) is 10.00 Å². The van der Waals surface area contributed by atoms with Crippen molar-refractivity contribution in [3.05, 3.63) is 18.0 Å². The minimum atomic E-state index is 0.850. The number of hydrogen-bond acceptors (Lipinski definition) is 2. The van der Waals surface area contributed by atoms with Gasteiger partial charge in [0.05, 0.1) is 0 Å². The summed E-state index contributed by atoms with van der Waals surface area (Å²) in [5, 5.41) is 6.98. The van der Waals surface area contributed by atoms with Crippen molar-refractivity contribution in [3.63, 3.8) is 0 Å². The van der Waals surface area contributed by atoms with Crippen LogP contribution in [0.3, 0.4) is 0 Å². The molecular formula is C10H17N3. The molecule has 0 aliphatic heterocycles. The maximum absolute atomic E-state index is 3.96. The monoisotopic (exact) mass is 179 g/mol. The normalized spacial score (nSPS) is 16.8. The van der Waals surface area contributed by atoms with Gasteiger partial charge in [0.25, 0.3) is 0 Å². The van der Waals surface area contributed by atoms with Gasteiger partial charge in [-0.15, -0.1) is 0 Å². The van der Waals surface area contributed by atoms with Crippen LogP contribution >= 0.6 is 0 Å². The lowest BCUT2D eigenvalue weighted by Crippen LogP contribution is -2.26. The van der Waals surface area contributed by atoms with Crippen molar-refractivity contribution < 1.29 is 0 Å². The molecule has 13 heavy (non-hydrogen) atoms. The van der Waals surface area contributed by atoms with Crippen LogP contribution in [0.25, 0.3) is 0 Å². The average molecular weight is 179 g/mol. The summed E-state index contributed by atoms with van der Waals surface area (Å²) >= 11 is 0. The Labute approximate surface area is 79.1 Å². The highest BCUT2D eigenvalue weighted by molar-refractivity contribution is 4.99. The molecule has 0 spiro atoms. The lowest BCUT2D eigenvalue weighted by molar-refractivity contribution is 0.252. The summed E-state index contributed by atoms with van der Waals surface area (Å²) < 4.78 is 0. The molecule has 1 aromatic heterocycles. The molecule has 3 heteroatoms. The molecule has 1 aliphatic carbocycles. The second-order valence-electron chi connectivity index (χ2n) is 3.78. The number of aromatic amines is 1. The Bertz CT molecular complexity index is 239. The van der Waals surface area contributed by atoms with E-state index in [0.29, 0.717) is 0 Å². The number of aromatic nitrogens is 2. The van der Waals surface area contributed by atoms with E-state index in [0.717, 1.165) is 12.6 Å². The second-order valence-corrected chi connectivity index (χ2v) is 3.78. The molecule has 0 bridgehead atoms. The summed E-state index contributed by atoms with van der Waals surface area (Å²) in [7, 11) is 0. The molecule has 1 aromatic rings. The van der Waals surface area contributed by atoms with E-state index < -0.39 is 0 Å². The minimum Gasteiger partial charge on any atom is -0.295 e. The van der Waals surface area contributed by atoms with Gasteiger partial charge in [-0.2, -0.15) is 5.10 Å². The fourth-order valence-electron chi connectivity index (χ4n) is 1.71. The fourth-order valence-corrected chi connectivity index (χ4v) is 1.71. The highest BCUT2D eigenvalue weighted by Crippen LogP contribution is 2.27. The molecule has 1 heterocycles. The van der Waals surface area contributed by atoms with Gasteiger partial charge in [0, 0.05) is 24.5 Å². The lowest BCUT2D eigenvalue weighted by atomic mass is 10.3. The van der Waals surface area contributed by atoms with Gasteiger partial charge < -0.3 is 0 Å². The molecule has 0 unspecified atom stereocenters. The first kappa shape index (κ1) is 8.75. The Morgan fingerprint density at radius 2 is 2.46 bits per heavy atom. The van der Waals surface area contributed by atoms with Crippen LogP contribution in [0.4, 0.5) is 0 Å². The zero-order chi connectivity index (χ0) is 9.10. The number of hydrogen-bond donors (Lipinski definition) is 1. The van der Waals surface area contributed by atoms with E-state index in [1.54, 1.807) is 0 Å². The Hall–Kier alpha value is -0.830. The average Bonchev–Trinajstić information content (AvgIpc) is 2.85. The van der Waals surface area contributed by atoms with Gasteiger partial charge in [-0.1, -0.05) is 6.92 Å². The smallest absolute Gasteiger partial charge is 0.0492 e. The van der Waals surface area contributed by atoms with Crippen LogP contribution in [0.15, 0.2) is 12.3 Å².